The molecule has 6 heteroatoms. The van der Waals surface area contributed by atoms with Crippen molar-refractivity contribution >= 4 is 33.6 Å². The highest BCUT2D eigenvalue weighted by molar-refractivity contribution is 9.10. The lowest BCUT2D eigenvalue weighted by molar-refractivity contribution is 0.00519. The van der Waals surface area contributed by atoms with Gasteiger partial charge in [0.25, 0.3) is 0 Å². The molecule has 0 aliphatic carbocycles. The molecule has 0 saturated carbocycles. The van der Waals surface area contributed by atoms with E-state index in [-0.39, 0.29) is 12.1 Å². The van der Waals surface area contributed by atoms with Crippen LogP contribution in [0.2, 0.25) is 5.02 Å². The van der Waals surface area contributed by atoms with Crippen LogP contribution >= 0.6 is 27.5 Å². The first kappa shape index (κ1) is 16.6. The molecule has 1 heterocycles. The van der Waals surface area contributed by atoms with Crippen molar-refractivity contribution in [3.63, 3.8) is 0 Å². The zero-order valence-electron chi connectivity index (χ0n) is 12.5. The van der Waals surface area contributed by atoms with Crippen LogP contribution in [0.4, 0.5) is 4.79 Å². The van der Waals surface area contributed by atoms with Crippen molar-refractivity contribution in [1.82, 2.24) is 10.2 Å². The molecule has 1 amide bonds. The van der Waals surface area contributed by atoms with Gasteiger partial charge in [-0.25, -0.2) is 4.79 Å². The van der Waals surface area contributed by atoms with Crippen molar-refractivity contribution in [3.05, 3.63) is 33.3 Å². The first-order valence-corrected chi connectivity index (χ1v) is 8.07. The van der Waals surface area contributed by atoms with E-state index >= 15 is 0 Å². The lowest BCUT2D eigenvalue weighted by atomic mass is 10.1. The molecule has 116 valence electrons. The number of rotatable bonds is 3. The summed E-state index contributed by atoms with van der Waals surface area (Å²) in [5, 5.41) is 4.13. The zero-order valence-corrected chi connectivity index (χ0v) is 14.8. The van der Waals surface area contributed by atoms with Gasteiger partial charge in [-0.3, -0.25) is 0 Å². The molecule has 1 saturated heterocycles. The van der Waals surface area contributed by atoms with Crippen LogP contribution < -0.4 is 5.32 Å². The number of nitrogens with one attached hydrogen (secondary N) is 1. The van der Waals surface area contributed by atoms with Crippen LogP contribution in [0.25, 0.3) is 0 Å². The average molecular weight is 376 g/mol. The first-order valence-electron chi connectivity index (χ1n) is 6.90. The van der Waals surface area contributed by atoms with Crippen molar-refractivity contribution in [1.29, 1.82) is 0 Å². The average Bonchev–Trinajstić information content (AvgIpc) is 2.27. The van der Waals surface area contributed by atoms with Gasteiger partial charge in [0.2, 0.25) is 0 Å². The van der Waals surface area contributed by atoms with Gasteiger partial charge in [-0.15, -0.1) is 0 Å². The van der Waals surface area contributed by atoms with E-state index in [0.29, 0.717) is 19.6 Å². The molecule has 0 bridgehead atoms. The molecule has 0 spiro atoms. The molecule has 0 radical (unpaired) electrons. The molecular formula is C15H20BrClN2O2. The van der Waals surface area contributed by atoms with Crippen LogP contribution in [0.1, 0.15) is 26.3 Å². The molecule has 1 N–H and O–H groups in total. The fourth-order valence-corrected chi connectivity index (χ4v) is 2.74. The van der Waals surface area contributed by atoms with Gasteiger partial charge < -0.3 is 15.0 Å². The molecule has 1 aliphatic rings. The van der Waals surface area contributed by atoms with E-state index in [2.05, 4.69) is 21.2 Å². The van der Waals surface area contributed by atoms with Gasteiger partial charge in [0.05, 0.1) is 0 Å². The van der Waals surface area contributed by atoms with Gasteiger partial charge in [0.15, 0.2) is 0 Å². The maximum atomic E-state index is 11.8. The van der Waals surface area contributed by atoms with Gasteiger partial charge in [0.1, 0.15) is 5.60 Å². The summed E-state index contributed by atoms with van der Waals surface area (Å²) in [4.78, 5) is 13.5. The summed E-state index contributed by atoms with van der Waals surface area (Å²) in [6.07, 6.45) is -0.248. The van der Waals surface area contributed by atoms with E-state index < -0.39 is 5.60 Å². The second-order valence-corrected chi connectivity index (χ2v) is 7.52. The molecule has 0 unspecified atom stereocenters. The summed E-state index contributed by atoms with van der Waals surface area (Å²) in [6, 6.07) is 6.13. The Labute approximate surface area is 138 Å². The largest absolute Gasteiger partial charge is 0.444 e. The zero-order chi connectivity index (χ0) is 15.6. The summed E-state index contributed by atoms with van der Waals surface area (Å²) in [7, 11) is 0. The minimum Gasteiger partial charge on any atom is -0.444 e. The van der Waals surface area contributed by atoms with Crippen LogP contribution in [0.3, 0.4) is 0 Å². The lowest BCUT2D eigenvalue weighted by Gasteiger charge is -2.40. The Hall–Kier alpha value is -0.780. The molecule has 1 fully saturated rings. The Bertz CT molecular complexity index is 525. The van der Waals surface area contributed by atoms with E-state index in [1.165, 1.54) is 0 Å². The summed E-state index contributed by atoms with van der Waals surface area (Å²) in [6.45, 7) is 7.65. The van der Waals surface area contributed by atoms with Crippen LogP contribution in [0, 0.1) is 0 Å². The number of benzene rings is 1. The van der Waals surface area contributed by atoms with Crippen molar-refractivity contribution in [2.24, 2.45) is 0 Å². The number of hydrogen-bond donors (Lipinski definition) is 1. The molecule has 4 nitrogen and oxygen atoms in total. The number of amides is 1. The van der Waals surface area contributed by atoms with E-state index in [1.807, 2.05) is 39.0 Å². The van der Waals surface area contributed by atoms with E-state index in [9.17, 15) is 4.79 Å². The molecular weight excluding hydrogens is 356 g/mol. The Morgan fingerprint density at radius 3 is 2.71 bits per heavy atom. The monoisotopic (exact) mass is 374 g/mol. The molecule has 21 heavy (non-hydrogen) atoms. The summed E-state index contributed by atoms with van der Waals surface area (Å²) in [5.41, 5.74) is 0.608. The second kappa shape index (κ2) is 6.55. The fraction of sp³-hybridized carbons (Fsp3) is 0.533. The molecule has 1 aliphatic heterocycles. The predicted octanol–water partition coefficient (Wildman–Crippen LogP) is 3.81. The van der Waals surface area contributed by atoms with Crippen LogP contribution in [-0.2, 0) is 11.3 Å². The van der Waals surface area contributed by atoms with E-state index in [1.54, 1.807) is 4.90 Å². The van der Waals surface area contributed by atoms with Crippen LogP contribution in [0.15, 0.2) is 22.7 Å². The van der Waals surface area contributed by atoms with E-state index in [0.717, 1.165) is 15.1 Å². The van der Waals surface area contributed by atoms with Crippen molar-refractivity contribution in [3.8, 4) is 0 Å². The predicted molar refractivity (Wildman–Crippen MR) is 87.6 cm³/mol. The van der Waals surface area contributed by atoms with Gasteiger partial charge in [0, 0.05) is 35.2 Å². The quantitative estimate of drug-likeness (QED) is 0.873. The van der Waals surface area contributed by atoms with Crippen LogP contribution in [0.5, 0.6) is 0 Å². The van der Waals surface area contributed by atoms with E-state index in [4.69, 9.17) is 16.3 Å². The number of likely N-dealkylation sites (tertiary alicyclic amines) is 1. The fourth-order valence-electron chi connectivity index (χ4n) is 2.00. The third-order valence-electron chi connectivity index (χ3n) is 3.13. The molecule has 0 aromatic heterocycles. The molecule has 0 atom stereocenters. The third-order valence-corrected chi connectivity index (χ3v) is 3.97. The maximum Gasteiger partial charge on any atom is 0.410 e. The van der Waals surface area contributed by atoms with Gasteiger partial charge in [-0.1, -0.05) is 33.6 Å². The number of halogens is 2. The maximum absolute atomic E-state index is 11.8. The van der Waals surface area contributed by atoms with Gasteiger partial charge in [-0.05, 0) is 38.5 Å². The van der Waals surface area contributed by atoms with Crippen molar-refractivity contribution in [2.75, 3.05) is 13.1 Å². The van der Waals surface area contributed by atoms with Gasteiger partial charge >= 0.3 is 6.09 Å². The summed E-state index contributed by atoms with van der Waals surface area (Å²) < 4.78 is 6.29. The Morgan fingerprint density at radius 2 is 2.14 bits per heavy atom. The third kappa shape index (κ3) is 4.87. The summed E-state index contributed by atoms with van der Waals surface area (Å²) in [5.74, 6) is 0. The highest BCUT2D eigenvalue weighted by Gasteiger charge is 2.33. The number of hydrogen-bond acceptors (Lipinski definition) is 3. The highest BCUT2D eigenvalue weighted by atomic mass is 79.9. The smallest absolute Gasteiger partial charge is 0.410 e. The number of carbonyl (C=O) groups is 1. The van der Waals surface area contributed by atoms with Crippen molar-refractivity contribution < 1.29 is 9.53 Å². The Kier molecular flexibility index (Phi) is 5.17. The normalized spacial score (nSPS) is 15.8. The number of ether oxygens (including phenoxy) is 1. The van der Waals surface area contributed by atoms with Gasteiger partial charge in [-0.2, -0.15) is 0 Å². The van der Waals surface area contributed by atoms with Crippen molar-refractivity contribution in [2.45, 2.75) is 39.0 Å². The SMILES string of the molecule is CC(C)(C)OC(=O)N1CC(NCc2ccc(Br)cc2Cl)C1. The minimum absolute atomic E-state index is 0.248. The number of carbonyl (C=O) groups excluding carboxylic acids is 1. The standard InChI is InChI=1S/C15H20BrClN2O2/c1-15(2,3)21-14(20)19-8-12(9-19)18-7-10-4-5-11(16)6-13(10)17/h4-6,12,18H,7-9H2,1-3H3. The molecule has 1 aromatic rings. The molecule has 1 aromatic carbocycles. The molecule has 2 rings (SSSR count). The Balaban J connectivity index is 1.75. The first-order chi connectivity index (χ1) is 9.74. The highest BCUT2D eigenvalue weighted by Crippen LogP contribution is 2.22. The summed E-state index contributed by atoms with van der Waals surface area (Å²) >= 11 is 9.56. The topological polar surface area (TPSA) is 41.6 Å². The number of nitrogens with zero attached hydrogens (tertiary/aromatic N) is 1. The Morgan fingerprint density at radius 1 is 1.48 bits per heavy atom. The lowest BCUT2D eigenvalue weighted by Crippen LogP contribution is -2.60. The minimum atomic E-state index is -0.444. The van der Waals surface area contributed by atoms with Crippen LogP contribution in [-0.4, -0.2) is 35.7 Å². The second-order valence-electron chi connectivity index (χ2n) is 6.20.